The van der Waals surface area contributed by atoms with Crippen molar-refractivity contribution in [2.45, 2.75) is 12.5 Å². The number of nitrogens with zero attached hydrogens (tertiary/aromatic N) is 8. The summed E-state index contributed by atoms with van der Waals surface area (Å²) in [4.78, 5) is 16.7. The quantitative estimate of drug-likeness (QED) is 0.173. The van der Waals surface area contributed by atoms with Gasteiger partial charge in [-0.05, 0) is 55.0 Å². The van der Waals surface area contributed by atoms with E-state index in [0.717, 1.165) is 84.2 Å². The molecule has 0 amide bonds. The minimum atomic E-state index is 0.187. The molecule has 68 heavy (non-hydrogen) atoms. The second-order valence-corrected chi connectivity index (χ2v) is 18.0. The van der Waals surface area contributed by atoms with Crippen molar-refractivity contribution in [1.82, 2.24) is 37.8 Å². The average Bonchev–Trinajstić information content (AvgIpc) is 4.19. The van der Waals surface area contributed by atoms with Gasteiger partial charge in [0.05, 0.1) is 44.7 Å². The van der Waals surface area contributed by atoms with Crippen LogP contribution in [0.25, 0.3) is 127 Å². The van der Waals surface area contributed by atoms with Crippen molar-refractivity contribution in [3.63, 3.8) is 0 Å². The van der Waals surface area contributed by atoms with Crippen LogP contribution in [0.15, 0.2) is 206 Å². The van der Waals surface area contributed by atoms with E-state index >= 15 is 0 Å². The minimum absolute atomic E-state index is 0.187. The summed E-state index contributed by atoms with van der Waals surface area (Å²) in [5, 5.41) is 9.42. The molecule has 1 aliphatic rings. The zero-order valence-electron chi connectivity index (χ0n) is 37.0. The topological polar surface area (TPSA) is 63.3 Å². The van der Waals surface area contributed by atoms with Gasteiger partial charge < -0.3 is 13.7 Å². The number of hydrogen-bond donors (Lipinski definition) is 0. The van der Waals surface area contributed by atoms with E-state index < -0.39 is 0 Å². The Morgan fingerprint density at radius 1 is 0.426 bits per heavy atom. The zero-order chi connectivity index (χ0) is 44.6. The van der Waals surface area contributed by atoms with E-state index in [1.54, 1.807) is 0 Å². The summed E-state index contributed by atoms with van der Waals surface area (Å²) < 4.78 is 11.9. The molecule has 0 bridgehead atoms. The molecule has 1 unspecified atom stereocenters. The Labute approximate surface area is 389 Å². The number of hydrogen-bond acceptors (Lipinski definition) is 3. The molecule has 8 aromatic carbocycles. The van der Waals surface area contributed by atoms with E-state index in [4.69, 9.17) is 15.0 Å². The smallest absolute Gasteiger partial charge is 0.217 e. The summed E-state index contributed by atoms with van der Waals surface area (Å²) in [6.45, 7) is 0. The molecule has 14 aromatic rings. The molecule has 0 N–H and O–H groups in total. The van der Waals surface area contributed by atoms with Crippen LogP contribution < -0.4 is 0 Å². The molecular weight excluding hydrogens is 833 g/mol. The molecule has 0 fully saturated rings. The summed E-state index contributed by atoms with van der Waals surface area (Å²) >= 11 is 0. The minimum Gasteiger partial charge on any atom is -0.333 e. The number of para-hydroxylation sites is 5. The standard InChI is InChI=1S/C60H40N8/c1-64-56-58(63-60(64)68-47-30-16-12-26-41(47)43-34-36-51-53(55(43)68)45-28-14-18-32-49(45)66(51)39-23-9-4-10-24-39)61-57(37-19-5-2-6-20-37)62-59(56)67-46-29-15-11-25-40(46)42-33-35-50-52(54(42)67)44-27-13-17-31-48(44)65(50)38-21-7-3-8-22-38/h2-21,23-36,38H,22H2,1H3. The highest BCUT2D eigenvalue weighted by Gasteiger charge is 2.28. The van der Waals surface area contributed by atoms with Crippen LogP contribution in [0.3, 0.4) is 0 Å². The molecule has 8 heteroatoms. The molecule has 8 nitrogen and oxygen atoms in total. The maximum Gasteiger partial charge on any atom is 0.217 e. The fraction of sp³-hybridized carbons (Fsp3) is 0.0500. The second-order valence-electron chi connectivity index (χ2n) is 18.0. The van der Waals surface area contributed by atoms with Crippen LogP contribution in [0.4, 0.5) is 0 Å². The van der Waals surface area contributed by atoms with E-state index in [0.29, 0.717) is 11.5 Å². The fourth-order valence-corrected chi connectivity index (χ4v) is 11.6. The molecule has 6 aromatic heterocycles. The molecule has 320 valence electrons. The van der Waals surface area contributed by atoms with Crippen molar-refractivity contribution < 1.29 is 0 Å². The van der Waals surface area contributed by atoms with Crippen LogP contribution in [0.2, 0.25) is 0 Å². The van der Waals surface area contributed by atoms with Gasteiger partial charge in [0.25, 0.3) is 0 Å². The average molecular weight is 873 g/mol. The predicted octanol–water partition coefficient (Wildman–Crippen LogP) is 14.5. The third-order valence-corrected chi connectivity index (χ3v) is 14.4. The Morgan fingerprint density at radius 3 is 1.68 bits per heavy atom. The molecule has 15 rings (SSSR count). The maximum absolute atomic E-state index is 5.66. The largest absolute Gasteiger partial charge is 0.333 e. The first kappa shape index (κ1) is 37.2. The molecule has 0 aliphatic heterocycles. The lowest BCUT2D eigenvalue weighted by Gasteiger charge is -2.18. The van der Waals surface area contributed by atoms with Crippen LogP contribution in [0.1, 0.15) is 12.5 Å². The van der Waals surface area contributed by atoms with Gasteiger partial charge >= 0.3 is 0 Å². The van der Waals surface area contributed by atoms with Gasteiger partial charge in [-0.1, -0.05) is 158 Å². The first-order valence-corrected chi connectivity index (χ1v) is 23.3. The molecule has 1 aliphatic carbocycles. The third kappa shape index (κ3) is 5.00. The van der Waals surface area contributed by atoms with Gasteiger partial charge in [0.2, 0.25) is 5.95 Å². The SMILES string of the molecule is Cn1c(-n2c3ccccc3c3ccc4c(c5ccccc5n4-c4ccccc4)c32)nc2nc(-c3ccccc3)nc(-n3c4ccccc4c4ccc5c(c6ccccc6n5C5C=CC=CC5)c43)c21. The number of allylic oxidation sites excluding steroid dienone is 4. The summed E-state index contributed by atoms with van der Waals surface area (Å²) in [6, 6.07) is 65.5. The second kappa shape index (κ2) is 14.0. The molecule has 1 atom stereocenters. The van der Waals surface area contributed by atoms with Gasteiger partial charge in [0.1, 0.15) is 5.52 Å². The Bertz CT molecular complexity index is 4480. The van der Waals surface area contributed by atoms with Gasteiger partial charge in [-0.3, -0.25) is 9.13 Å². The normalized spacial score (nSPS) is 14.2. The predicted molar refractivity (Wildman–Crippen MR) is 280 cm³/mol. The number of aryl methyl sites for hydroxylation is 1. The maximum atomic E-state index is 5.66. The van der Waals surface area contributed by atoms with E-state index in [2.05, 4.69) is 230 Å². The van der Waals surface area contributed by atoms with E-state index in [-0.39, 0.29) is 6.04 Å². The van der Waals surface area contributed by atoms with Gasteiger partial charge in [-0.15, -0.1) is 0 Å². The monoisotopic (exact) mass is 872 g/mol. The molecule has 0 radical (unpaired) electrons. The lowest BCUT2D eigenvalue weighted by Crippen LogP contribution is -2.07. The van der Waals surface area contributed by atoms with Crippen molar-refractivity contribution >= 4 is 98.4 Å². The van der Waals surface area contributed by atoms with Gasteiger partial charge in [-0.25, -0.2) is 9.97 Å². The number of benzene rings is 8. The van der Waals surface area contributed by atoms with Gasteiger partial charge in [0, 0.05) is 66.9 Å². The first-order valence-electron chi connectivity index (χ1n) is 23.3. The van der Waals surface area contributed by atoms with Crippen LogP contribution in [-0.2, 0) is 7.05 Å². The van der Waals surface area contributed by atoms with Crippen molar-refractivity contribution in [2.24, 2.45) is 7.05 Å². The number of fused-ring (bicyclic) bond motifs is 15. The number of aromatic nitrogens is 8. The molecule has 0 saturated carbocycles. The third-order valence-electron chi connectivity index (χ3n) is 14.4. The molecule has 0 saturated heterocycles. The number of imidazole rings is 1. The van der Waals surface area contributed by atoms with Crippen molar-refractivity contribution in [2.75, 3.05) is 0 Å². The van der Waals surface area contributed by atoms with Crippen LogP contribution in [0.5, 0.6) is 0 Å². The van der Waals surface area contributed by atoms with Gasteiger partial charge in [0.15, 0.2) is 17.3 Å². The zero-order valence-corrected chi connectivity index (χ0v) is 37.0. The van der Waals surface area contributed by atoms with E-state index in [1.807, 2.05) is 6.07 Å². The lowest BCUT2D eigenvalue weighted by atomic mass is 10.1. The highest BCUT2D eigenvalue weighted by molar-refractivity contribution is 6.27. The highest BCUT2D eigenvalue weighted by Crippen LogP contribution is 2.45. The van der Waals surface area contributed by atoms with Crippen LogP contribution in [0, 0.1) is 0 Å². The Kier molecular flexibility index (Phi) is 7.67. The van der Waals surface area contributed by atoms with Crippen molar-refractivity contribution in [3.8, 4) is 28.8 Å². The molecule has 0 spiro atoms. The fourth-order valence-electron chi connectivity index (χ4n) is 11.6. The van der Waals surface area contributed by atoms with E-state index in [1.165, 1.54) is 38.0 Å². The Morgan fingerprint density at radius 2 is 0.985 bits per heavy atom. The lowest BCUT2D eigenvalue weighted by molar-refractivity contribution is 0.648. The highest BCUT2D eigenvalue weighted by atomic mass is 15.3. The van der Waals surface area contributed by atoms with Crippen LogP contribution >= 0.6 is 0 Å². The van der Waals surface area contributed by atoms with Crippen molar-refractivity contribution in [1.29, 1.82) is 0 Å². The molecule has 6 heterocycles. The molecular formula is C60H40N8. The summed E-state index contributed by atoms with van der Waals surface area (Å²) in [5.41, 5.74) is 12.5. The summed E-state index contributed by atoms with van der Waals surface area (Å²) in [7, 11) is 2.13. The van der Waals surface area contributed by atoms with E-state index in [9.17, 15) is 0 Å². The van der Waals surface area contributed by atoms with Crippen molar-refractivity contribution in [3.05, 3.63) is 206 Å². The summed E-state index contributed by atoms with van der Waals surface area (Å²) in [5.74, 6) is 2.15. The Hall–Kier alpha value is -9.01. The summed E-state index contributed by atoms with van der Waals surface area (Å²) in [6.07, 6.45) is 9.85. The number of rotatable bonds is 5. The Balaban J connectivity index is 1.10. The van der Waals surface area contributed by atoms with Gasteiger partial charge in [-0.2, -0.15) is 4.98 Å². The van der Waals surface area contributed by atoms with Crippen LogP contribution in [-0.4, -0.2) is 37.8 Å². The first-order chi connectivity index (χ1) is 33.7.